The molecule has 7 heteroatoms. The van der Waals surface area contributed by atoms with Crippen LogP contribution in [0.25, 0.3) is 0 Å². The summed E-state index contributed by atoms with van der Waals surface area (Å²) in [5, 5.41) is 7.03. The number of carbonyl (C=O) groups is 1. The lowest BCUT2D eigenvalue weighted by Gasteiger charge is -2.22. The zero-order valence-corrected chi connectivity index (χ0v) is 12.5. The zero-order valence-electron chi connectivity index (χ0n) is 12.5. The summed E-state index contributed by atoms with van der Waals surface area (Å²) in [6.07, 6.45) is 2.13. The molecule has 0 aliphatic carbocycles. The number of nitrogens with zero attached hydrogens (tertiary/aromatic N) is 3. The standard InChI is InChI=1S/C13H23N5O2/c1-13(2,3)20-12(19)16-9-5-6-18(8-9)11-10(14)7-15-17(11)4/h7,9H,5-6,8,14H2,1-4H3,(H,16,19)/t9-/m0/s1. The van der Waals surface area contributed by atoms with Gasteiger partial charge in [0.05, 0.1) is 17.9 Å². The average Bonchev–Trinajstić information content (AvgIpc) is 2.83. The van der Waals surface area contributed by atoms with Crippen LogP contribution in [0.15, 0.2) is 6.20 Å². The van der Waals surface area contributed by atoms with Crippen molar-refractivity contribution in [2.24, 2.45) is 7.05 Å². The van der Waals surface area contributed by atoms with Gasteiger partial charge in [-0.2, -0.15) is 5.10 Å². The van der Waals surface area contributed by atoms with E-state index in [0.29, 0.717) is 12.2 Å². The molecule has 1 saturated heterocycles. The normalized spacial score (nSPS) is 19.2. The number of carbonyl (C=O) groups excluding carboxylic acids is 1. The Morgan fingerprint density at radius 3 is 2.80 bits per heavy atom. The summed E-state index contributed by atoms with van der Waals surface area (Å²) in [6, 6.07) is 0.0687. The number of nitrogens with one attached hydrogen (secondary N) is 1. The van der Waals surface area contributed by atoms with Gasteiger partial charge >= 0.3 is 6.09 Å². The van der Waals surface area contributed by atoms with Crippen molar-refractivity contribution in [1.29, 1.82) is 0 Å². The van der Waals surface area contributed by atoms with Gasteiger partial charge < -0.3 is 20.7 Å². The van der Waals surface area contributed by atoms with Gasteiger partial charge in [-0.1, -0.05) is 0 Å². The lowest BCUT2D eigenvalue weighted by atomic mass is 10.2. The molecule has 1 aliphatic heterocycles. The molecule has 0 radical (unpaired) electrons. The van der Waals surface area contributed by atoms with Gasteiger partial charge in [-0.3, -0.25) is 4.68 Å². The third-order valence-electron chi connectivity index (χ3n) is 3.14. The van der Waals surface area contributed by atoms with Crippen LogP contribution in [-0.4, -0.2) is 40.6 Å². The first-order chi connectivity index (χ1) is 9.26. The Morgan fingerprint density at radius 2 is 2.25 bits per heavy atom. The fourth-order valence-electron chi connectivity index (χ4n) is 2.38. The van der Waals surface area contributed by atoms with E-state index >= 15 is 0 Å². The van der Waals surface area contributed by atoms with Crippen LogP contribution in [0, 0.1) is 0 Å². The molecule has 2 heterocycles. The second-order valence-corrected chi connectivity index (χ2v) is 6.12. The molecule has 1 atom stereocenters. The Morgan fingerprint density at radius 1 is 1.55 bits per heavy atom. The highest BCUT2D eigenvalue weighted by Gasteiger charge is 2.28. The highest BCUT2D eigenvalue weighted by molar-refractivity contribution is 5.69. The van der Waals surface area contributed by atoms with Crippen molar-refractivity contribution in [2.45, 2.75) is 38.8 Å². The maximum Gasteiger partial charge on any atom is 0.407 e. The Balaban J connectivity index is 1.92. The summed E-state index contributed by atoms with van der Waals surface area (Å²) in [5.74, 6) is 0.901. The van der Waals surface area contributed by atoms with E-state index in [-0.39, 0.29) is 12.1 Å². The van der Waals surface area contributed by atoms with Crippen LogP contribution in [0.1, 0.15) is 27.2 Å². The Bertz CT molecular complexity index is 472. The number of anilines is 2. The van der Waals surface area contributed by atoms with Gasteiger partial charge in [-0.05, 0) is 27.2 Å². The summed E-state index contributed by atoms with van der Waals surface area (Å²) in [6.45, 7) is 7.10. The minimum atomic E-state index is -0.477. The fraction of sp³-hybridized carbons (Fsp3) is 0.692. The number of amides is 1. The van der Waals surface area contributed by atoms with Crippen molar-refractivity contribution in [1.82, 2.24) is 15.1 Å². The zero-order chi connectivity index (χ0) is 14.9. The number of nitrogen functional groups attached to an aromatic ring is 1. The smallest absolute Gasteiger partial charge is 0.407 e. The molecular formula is C13H23N5O2. The van der Waals surface area contributed by atoms with Gasteiger partial charge in [0.1, 0.15) is 11.4 Å². The number of alkyl carbamates (subject to hydrolysis) is 1. The van der Waals surface area contributed by atoms with Gasteiger partial charge in [0.2, 0.25) is 0 Å². The Kier molecular flexibility index (Phi) is 3.78. The van der Waals surface area contributed by atoms with E-state index in [9.17, 15) is 4.79 Å². The third-order valence-corrected chi connectivity index (χ3v) is 3.14. The van der Waals surface area contributed by atoms with E-state index < -0.39 is 5.60 Å². The molecule has 3 N–H and O–H groups in total. The molecule has 1 aromatic heterocycles. The first kappa shape index (κ1) is 14.5. The fourth-order valence-corrected chi connectivity index (χ4v) is 2.38. The summed E-state index contributed by atoms with van der Waals surface area (Å²) in [4.78, 5) is 13.9. The number of nitrogens with two attached hydrogens (primary N) is 1. The van der Waals surface area contributed by atoms with Crippen LogP contribution >= 0.6 is 0 Å². The van der Waals surface area contributed by atoms with Gasteiger partial charge in [-0.15, -0.1) is 0 Å². The monoisotopic (exact) mass is 281 g/mol. The summed E-state index contributed by atoms with van der Waals surface area (Å²) < 4.78 is 7.02. The Labute approximate surface area is 119 Å². The largest absolute Gasteiger partial charge is 0.444 e. The highest BCUT2D eigenvalue weighted by atomic mass is 16.6. The minimum absolute atomic E-state index is 0.0687. The van der Waals surface area contributed by atoms with E-state index in [2.05, 4.69) is 15.3 Å². The van der Waals surface area contributed by atoms with Crippen LogP contribution < -0.4 is 16.0 Å². The van der Waals surface area contributed by atoms with E-state index in [4.69, 9.17) is 10.5 Å². The molecular weight excluding hydrogens is 258 g/mol. The van der Waals surface area contributed by atoms with Crippen molar-refractivity contribution in [3.05, 3.63) is 6.20 Å². The van der Waals surface area contributed by atoms with Gasteiger partial charge in [0.25, 0.3) is 0 Å². The molecule has 20 heavy (non-hydrogen) atoms. The van der Waals surface area contributed by atoms with Gasteiger partial charge in [0, 0.05) is 20.1 Å². The molecule has 1 aliphatic rings. The predicted octanol–water partition coefficient (Wildman–Crippen LogP) is 1.11. The quantitative estimate of drug-likeness (QED) is 0.848. The maximum atomic E-state index is 11.7. The van der Waals surface area contributed by atoms with Crippen LogP contribution in [-0.2, 0) is 11.8 Å². The van der Waals surface area contributed by atoms with Crippen LogP contribution in [0.3, 0.4) is 0 Å². The summed E-state index contributed by atoms with van der Waals surface area (Å²) in [7, 11) is 1.86. The Hall–Kier alpha value is -1.92. The molecule has 0 bridgehead atoms. The number of aromatic nitrogens is 2. The molecule has 0 unspecified atom stereocenters. The summed E-state index contributed by atoms with van der Waals surface area (Å²) >= 11 is 0. The second kappa shape index (κ2) is 5.22. The van der Waals surface area contributed by atoms with E-state index in [1.807, 2.05) is 27.8 Å². The molecule has 1 fully saturated rings. The lowest BCUT2D eigenvalue weighted by Crippen LogP contribution is -2.40. The SMILES string of the molecule is Cn1ncc(N)c1N1CC[C@H](NC(=O)OC(C)(C)C)C1. The predicted molar refractivity (Wildman–Crippen MR) is 77.6 cm³/mol. The minimum Gasteiger partial charge on any atom is -0.444 e. The number of ether oxygens (including phenoxy) is 1. The van der Waals surface area contributed by atoms with Gasteiger partial charge in [-0.25, -0.2) is 4.79 Å². The third kappa shape index (κ3) is 3.34. The van der Waals surface area contributed by atoms with Crippen LogP contribution in [0.4, 0.5) is 16.3 Å². The highest BCUT2D eigenvalue weighted by Crippen LogP contribution is 2.25. The molecule has 0 aromatic carbocycles. The molecule has 7 nitrogen and oxygen atoms in total. The van der Waals surface area contributed by atoms with Crippen molar-refractivity contribution in [3.8, 4) is 0 Å². The average molecular weight is 281 g/mol. The molecule has 1 aromatic rings. The molecule has 0 saturated carbocycles. The molecule has 1 amide bonds. The van der Waals surface area contributed by atoms with Crippen LogP contribution in [0.2, 0.25) is 0 Å². The first-order valence-electron chi connectivity index (χ1n) is 6.78. The van der Waals surface area contributed by atoms with E-state index in [1.54, 1.807) is 10.9 Å². The molecule has 0 spiro atoms. The van der Waals surface area contributed by atoms with E-state index in [0.717, 1.165) is 18.8 Å². The molecule has 2 rings (SSSR count). The number of hydrogen-bond donors (Lipinski definition) is 2. The maximum absolute atomic E-state index is 11.7. The summed E-state index contributed by atoms with van der Waals surface area (Å²) in [5.41, 5.74) is 6.09. The van der Waals surface area contributed by atoms with Crippen LogP contribution in [0.5, 0.6) is 0 Å². The molecule has 112 valence electrons. The number of aryl methyl sites for hydroxylation is 1. The van der Waals surface area contributed by atoms with E-state index in [1.165, 1.54) is 0 Å². The first-order valence-corrected chi connectivity index (χ1v) is 6.78. The van der Waals surface area contributed by atoms with Crippen molar-refractivity contribution < 1.29 is 9.53 Å². The van der Waals surface area contributed by atoms with Gasteiger partial charge in [0.15, 0.2) is 0 Å². The van der Waals surface area contributed by atoms with Crippen molar-refractivity contribution in [3.63, 3.8) is 0 Å². The van der Waals surface area contributed by atoms with Crippen molar-refractivity contribution >= 4 is 17.6 Å². The lowest BCUT2D eigenvalue weighted by molar-refractivity contribution is 0.0509. The topological polar surface area (TPSA) is 85.4 Å². The number of rotatable bonds is 2. The second-order valence-electron chi connectivity index (χ2n) is 6.12. The number of hydrogen-bond acceptors (Lipinski definition) is 5. The van der Waals surface area contributed by atoms with Crippen molar-refractivity contribution in [2.75, 3.05) is 23.7 Å².